The van der Waals surface area contributed by atoms with Crippen LogP contribution in [0.2, 0.25) is 0 Å². The molecule has 0 aromatic heterocycles. The Kier molecular flexibility index (Phi) is 16.5. The lowest BCUT2D eigenvalue weighted by molar-refractivity contribution is 0.475. The Labute approximate surface area is 516 Å². The van der Waals surface area contributed by atoms with Gasteiger partial charge in [-0.15, -0.1) is 0 Å². The summed E-state index contributed by atoms with van der Waals surface area (Å²) < 4.78 is 0. The van der Waals surface area contributed by atoms with E-state index >= 15 is 0 Å². The van der Waals surface area contributed by atoms with E-state index in [4.69, 9.17) is 0 Å². The zero-order chi connectivity index (χ0) is 59.4. The van der Waals surface area contributed by atoms with Crippen LogP contribution in [-0.2, 0) is 0 Å². The maximum absolute atomic E-state index is 10.6. The lowest BCUT2D eigenvalue weighted by atomic mass is 9.83. The van der Waals surface area contributed by atoms with Crippen LogP contribution in [-0.4, -0.2) is 10.2 Å². The van der Waals surface area contributed by atoms with Crippen molar-refractivity contribution in [1.82, 2.24) is 0 Å². The van der Waals surface area contributed by atoms with E-state index in [9.17, 15) is 10.2 Å². The van der Waals surface area contributed by atoms with Crippen molar-refractivity contribution in [1.29, 1.82) is 0 Å². The minimum atomic E-state index is 0.219. The molecule has 0 fully saturated rings. The van der Waals surface area contributed by atoms with E-state index in [-0.39, 0.29) is 11.5 Å². The molecule has 2 nitrogen and oxygen atoms in total. The Bertz CT molecular complexity index is 4070. The van der Waals surface area contributed by atoms with Crippen LogP contribution in [0.15, 0.2) is 315 Å². The number of phenols is 2. The molecule has 0 aliphatic rings. The van der Waals surface area contributed by atoms with Crippen LogP contribution in [0.3, 0.4) is 0 Å². The summed E-state index contributed by atoms with van der Waals surface area (Å²) in [5.74, 6) is 0.438. The molecule has 0 saturated carbocycles. The highest BCUT2D eigenvalue weighted by molar-refractivity contribution is 6.00. The fourth-order valence-electron chi connectivity index (χ4n) is 11.4. The Hall–Kier alpha value is -11.6. The second-order valence-corrected chi connectivity index (χ2v) is 22.0. The highest BCUT2D eigenvalue weighted by Crippen LogP contribution is 2.47. The summed E-state index contributed by atoms with van der Waals surface area (Å²) in [6.45, 7) is 0. The second-order valence-electron chi connectivity index (χ2n) is 22.0. The summed E-state index contributed by atoms with van der Waals surface area (Å²) in [4.78, 5) is 0. The van der Waals surface area contributed by atoms with Gasteiger partial charge in [0.25, 0.3) is 0 Å². The fourth-order valence-corrected chi connectivity index (χ4v) is 11.4. The van der Waals surface area contributed by atoms with E-state index in [1.807, 2.05) is 48.5 Å². The molecule has 13 aromatic carbocycles. The molecule has 0 radical (unpaired) electrons. The van der Waals surface area contributed by atoms with Gasteiger partial charge in [0.05, 0.1) is 0 Å². The molecule has 0 spiro atoms. The highest BCUT2D eigenvalue weighted by Gasteiger charge is 2.20. The summed E-state index contributed by atoms with van der Waals surface area (Å²) in [5.41, 5.74) is 26.1. The molecule has 0 saturated heterocycles. The number of phenolic OH excluding ortho intramolecular Hbond substituents is 2. The van der Waals surface area contributed by atoms with Crippen molar-refractivity contribution in [2.24, 2.45) is 0 Å². The number of benzene rings is 13. The second kappa shape index (κ2) is 26.1. The summed E-state index contributed by atoms with van der Waals surface area (Å²) in [6, 6.07) is 110. The Morgan fingerprint density at radius 1 is 0.159 bits per heavy atom. The summed E-state index contributed by atoms with van der Waals surface area (Å²) in [6.07, 6.45) is 17.2. The predicted molar refractivity (Wildman–Crippen MR) is 375 cm³/mol. The van der Waals surface area contributed by atoms with Gasteiger partial charge >= 0.3 is 0 Å². The molecule has 0 bridgehead atoms. The van der Waals surface area contributed by atoms with Gasteiger partial charge in [-0.25, -0.2) is 0 Å². The third kappa shape index (κ3) is 13.2. The monoisotopic (exact) mass is 1130 g/mol. The first-order valence-electron chi connectivity index (χ1n) is 29.8. The van der Waals surface area contributed by atoms with Gasteiger partial charge in [0, 0.05) is 0 Å². The topological polar surface area (TPSA) is 40.5 Å². The Morgan fingerprint density at radius 3 is 0.557 bits per heavy atom. The molecule has 0 unspecified atom stereocenters. The van der Waals surface area contributed by atoms with Crippen molar-refractivity contribution in [3.8, 4) is 101 Å². The molecule has 0 amide bonds. The Balaban J connectivity index is 0.941. The van der Waals surface area contributed by atoms with Gasteiger partial charge in [-0.1, -0.05) is 316 Å². The SMILES string of the molecule is Oc1ccc(-c2c(-c3ccc(/C=C/c4ccccc4)cc3)cc(-c3ccc(-c4cc(-c5ccc(/C=C/c6ccccc6)cc5)c(-c5ccc(O)cc5)c(-c5ccc(/C=C/c6ccccc6)cc5)c4)cc3)cc2-c2ccc(/C=C/c3ccccc3)cc2)cc1. The first kappa shape index (κ1) is 55.6. The molecular formula is C86H62O2. The number of hydrogen-bond donors (Lipinski definition) is 2. The van der Waals surface area contributed by atoms with E-state index in [2.05, 4.69) is 291 Å². The minimum Gasteiger partial charge on any atom is -0.508 e. The smallest absolute Gasteiger partial charge is 0.115 e. The first-order chi connectivity index (χ1) is 43.4. The molecule has 88 heavy (non-hydrogen) atoms. The number of aromatic hydroxyl groups is 2. The quantitative estimate of drug-likeness (QED) is 0.0947. The van der Waals surface area contributed by atoms with Crippen molar-refractivity contribution >= 4 is 48.6 Å². The molecule has 13 aromatic rings. The van der Waals surface area contributed by atoms with Crippen LogP contribution in [0.25, 0.3) is 138 Å². The number of hydrogen-bond acceptors (Lipinski definition) is 2. The van der Waals surface area contributed by atoms with Gasteiger partial charge in [0.15, 0.2) is 0 Å². The van der Waals surface area contributed by atoms with Crippen molar-refractivity contribution in [2.75, 3.05) is 0 Å². The molecule has 0 atom stereocenters. The van der Waals surface area contributed by atoms with Crippen molar-refractivity contribution in [3.05, 3.63) is 360 Å². The summed E-state index contributed by atoms with van der Waals surface area (Å²) in [5, 5.41) is 21.2. The zero-order valence-corrected chi connectivity index (χ0v) is 48.5. The van der Waals surface area contributed by atoms with Crippen LogP contribution >= 0.6 is 0 Å². The van der Waals surface area contributed by atoms with Crippen molar-refractivity contribution < 1.29 is 10.2 Å². The molecule has 0 heterocycles. The molecule has 13 rings (SSSR count). The molecule has 2 heteroatoms. The average molecular weight is 1130 g/mol. The van der Waals surface area contributed by atoms with Gasteiger partial charge < -0.3 is 10.2 Å². The summed E-state index contributed by atoms with van der Waals surface area (Å²) in [7, 11) is 0. The minimum absolute atomic E-state index is 0.219. The maximum atomic E-state index is 10.6. The van der Waals surface area contributed by atoms with Gasteiger partial charge in [-0.2, -0.15) is 0 Å². The van der Waals surface area contributed by atoms with Gasteiger partial charge in [-0.3, -0.25) is 0 Å². The van der Waals surface area contributed by atoms with Crippen molar-refractivity contribution in [2.45, 2.75) is 0 Å². The van der Waals surface area contributed by atoms with Crippen LogP contribution in [0.4, 0.5) is 0 Å². The van der Waals surface area contributed by atoms with Crippen LogP contribution < -0.4 is 0 Å². The van der Waals surface area contributed by atoms with Gasteiger partial charge in [0.1, 0.15) is 11.5 Å². The van der Waals surface area contributed by atoms with E-state index in [1.165, 1.54) is 0 Å². The maximum Gasteiger partial charge on any atom is 0.115 e. The molecule has 2 N–H and O–H groups in total. The third-order valence-corrected chi connectivity index (χ3v) is 16.1. The highest BCUT2D eigenvalue weighted by atomic mass is 16.3. The fraction of sp³-hybridized carbons (Fsp3) is 0. The normalized spacial score (nSPS) is 11.5. The Morgan fingerprint density at radius 2 is 0.341 bits per heavy atom. The van der Waals surface area contributed by atoms with Gasteiger partial charge in [-0.05, 0) is 182 Å². The first-order valence-corrected chi connectivity index (χ1v) is 29.8. The summed E-state index contributed by atoms with van der Waals surface area (Å²) >= 11 is 0. The van der Waals surface area contributed by atoms with Crippen LogP contribution in [0, 0.1) is 0 Å². The van der Waals surface area contributed by atoms with Crippen LogP contribution in [0.1, 0.15) is 44.5 Å². The lowest BCUT2D eigenvalue weighted by Gasteiger charge is -2.20. The molecule has 0 aliphatic carbocycles. The van der Waals surface area contributed by atoms with Crippen LogP contribution in [0.5, 0.6) is 11.5 Å². The largest absolute Gasteiger partial charge is 0.508 e. The predicted octanol–water partition coefficient (Wildman–Crippen LogP) is 23.1. The zero-order valence-electron chi connectivity index (χ0n) is 48.5. The van der Waals surface area contributed by atoms with Gasteiger partial charge in [0.2, 0.25) is 0 Å². The number of rotatable bonds is 16. The van der Waals surface area contributed by atoms with E-state index in [1.54, 1.807) is 24.3 Å². The molecule has 0 aliphatic heterocycles. The standard InChI is InChI=1S/C86H62O2/c87-79-53-49-75(50-54-79)85-81(71-37-29-65(30-38-71)25-21-61-13-5-1-6-14-61)57-77(58-82(85)72-39-31-66(32-40-72)26-22-62-15-7-2-8-16-62)69-45-47-70(48-46-69)78-59-83(73-41-33-67(34-42-73)27-23-63-17-9-3-10-18-63)86(76-51-55-80(88)56-52-76)84(60-78)74-43-35-68(36-44-74)28-24-64-19-11-4-12-20-64/h1-60,87-88H/b25-21+,26-22+,27-23+,28-24+. The van der Waals surface area contributed by atoms with Crippen molar-refractivity contribution in [3.63, 3.8) is 0 Å². The average Bonchev–Trinajstić information content (AvgIpc) is 2.28. The van der Waals surface area contributed by atoms with E-state index < -0.39 is 0 Å². The lowest BCUT2D eigenvalue weighted by Crippen LogP contribution is -1.94. The molecular weight excluding hydrogens is 1060 g/mol. The molecule has 418 valence electrons. The third-order valence-electron chi connectivity index (χ3n) is 16.1. The van der Waals surface area contributed by atoms with E-state index in [0.717, 1.165) is 134 Å². The van der Waals surface area contributed by atoms with E-state index in [0.29, 0.717) is 0 Å².